The van der Waals surface area contributed by atoms with E-state index in [0.29, 0.717) is 0 Å². The zero-order valence-electron chi connectivity index (χ0n) is 3.94. The lowest BCUT2D eigenvalue weighted by Gasteiger charge is -2.02. The summed E-state index contributed by atoms with van der Waals surface area (Å²) >= 11 is 0. The highest BCUT2D eigenvalue weighted by molar-refractivity contribution is 7.91. The molecule has 0 aliphatic rings. The van der Waals surface area contributed by atoms with E-state index >= 15 is 0 Å². The summed E-state index contributed by atoms with van der Waals surface area (Å²) in [5.74, 6) is 0. The van der Waals surface area contributed by atoms with E-state index in [1.807, 2.05) is 0 Å². The third kappa shape index (κ3) is 3.55. The first kappa shape index (κ1) is 11.7. The van der Waals surface area contributed by atoms with E-state index in [1.54, 1.807) is 0 Å². The van der Waals surface area contributed by atoms with Gasteiger partial charge < -0.3 is 0 Å². The van der Waals surface area contributed by atoms with Gasteiger partial charge in [-0.1, -0.05) is 0 Å². The van der Waals surface area contributed by atoms with E-state index < -0.39 is 15.4 Å². The van der Waals surface area contributed by atoms with Gasteiger partial charge >= 0.3 is 5.51 Å². The van der Waals surface area contributed by atoms with Gasteiger partial charge in [0.15, 0.2) is 0 Å². The molecule has 58 valence electrons. The fourth-order valence-electron chi connectivity index (χ4n) is 0. The second-order valence-corrected chi connectivity index (χ2v) is 2.71. The quantitative estimate of drug-likeness (QED) is 0.576. The van der Waals surface area contributed by atoms with Crippen LogP contribution in [0.15, 0.2) is 0 Å². The fourth-order valence-corrected chi connectivity index (χ4v) is 0. The molecule has 0 radical (unpaired) electrons. The van der Waals surface area contributed by atoms with Gasteiger partial charge in [0.2, 0.25) is 9.92 Å². The SMILES string of the molecule is Cl.N=S(N)(=O)C(F)(F)F. The van der Waals surface area contributed by atoms with Crippen molar-refractivity contribution in [1.29, 1.82) is 4.78 Å². The Bertz CT molecular complexity index is 171. The Hall–Kier alpha value is -0.0100. The van der Waals surface area contributed by atoms with Crippen molar-refractivity contribution >= 4 is 22.3 Å². The molecular formula is CH4ClF3N2OS. The van der Waals surface area contributed by atoms with Crippen LogP contribution in [0, 0.1) is 4.78 Å². The minimum Gasteiger partial charge on any atom is -0.238 e. The predicted molar refractivity (Wildman–Crippen MR) is 28.4 cm³/mol. The molecule has 3 nitrogen and oxygen atoms in total. The lowest BCUT2D eigenvalue weighted by molar-refractivity contribution is -0.0406. The van der Waals surface area contributed by atoms with Crippen LogP contribution < -0.4 is 5.14 Å². The predicted octanol–water partition coefficient (Wildman–Crippen LogP) is 0.848. The van der Waals surface area contributed by atoms with E-state index in [4.69, 9.17) is 4.78 Å². The fraction of sp³-hybridized carbons (Fsp3) is 1.00. The highest BCUT2D eigenvalue weighted by atomic mass is 35.5. The van der Waals surface area contributed by atoms with Crippen molar-refractivity contribution in [2.24, 2.45) is 5.14 Å². The molecule has 0 aromatic carbocycles. The smallest absolute Gasteiger partial charge is 0.238 e. The Balaban J connectivity index is 0. The first-order chi connectivity index (χ1) is 3.25. The molecule has 0 heterocycles. The van der Waals surface area contributed by atoms with Crippen LogP contribution in [0.1, 0.15) is 0 Å². The summed E-state index contributed by atoms with van der Waals surface area (Å²) in [6.45, 7) is 0. The van der Waals surface area contributed by atoms with Gasteiger partial charge in [-0.15, -0.1) is 12.4 Å². The van der Waals surface area contributed by atoms with Crippen molar-refractivity contribution < 1.29 is 17.4 Å². The average Bonchev–Trinajstić information content (AvgIpc) is 1.25. The summed E-state index contributed by atoms with van der Waals surface area (Å²) in [6.07, 6.45) is 0. The van der Waals surface area contributed by atoms with Gasteiger partial charge in [-0.25, -0.2) is 14.1 Å². The van der Waals surface area contributed by atoms with Crippen LogP contribution in [-0.4, -0.2) is 9.72 Å². The minimum absolute atomic E-state index is 0. The monoisotopic (exact) mass is 184 g/mol. The largest absolute Gasteiger partial charge is 0.492 e. The number of hydrogen-bond acceptors (Lipinski definition) is 2. The lowest BCUT2D eigenvalue weighted by atomic mass is 11.6. The van der Waals surface area contributed by atoms with Crippen molar-refractivity contribution in [2.75, 3.05) is 0 Å². The first-order valence-electron chi connectivity index (χ1n) is 1.38. The van der Waals surface area contributed by atoms with Gasteiger partial charge in [-0.3, -0.25) is 0 Å². The van der Waals surface area contributed by atoms with E-state index in [9.17, 15) is 17.4 Å². The summed E-state index contributed by atoms with van der Waals surface area (Å²) in [5.41, 5.74) is -5.09. The normalized spacial score (nSPS) is 17.8. The number of halogens is 4. The van der Waals surface area contributed by atoms with Crippen LogP contribution in [0.5, 0.6) is 0 Å². The standard InChI is InChI=1S/CH3F3N2OS.ClH/c2-1(3,4)8(5,6)7;/h(H3,5,6,7);1H. The maximum atomic E-state index is 11.0. The lowest BCUT2D eigenvalue weighted by Crippen LogP contribution is -2.29. The van der Waals surface area contributed by atoms with E-state index in [2.05, 4.69) is 5.14 Å². The van der Waals surface area contributed by atoms with Crippen LogP contribution >= 0.6 is 12.4 Å². The Morgan fingerprint density at radius 3 is 1.56 bits per heavy atom. The minimum atomic E-state index is -5.09. The number of alkyl halides is 3. The van der Waals surface area contributed by atoms with Gasteiger partial charge in [0.1, 0.15) is 0 Å². The molecule has 0 aromatic rings. The van der Waals surface area contributed by atoms with Gasteiger partial charge in [0.25, 0.3) is 0 Å². The zero-order chi connectivity index (χ0) is 7.00. The van der Waals surface area contributed by atoms with E-state index in [1.165, 1.54) is 0 Å². The topological polar surface area (TPSA) is 66.9 Å². The average molecular weight is 185 g/mol. The number of rotatable bonds is 0. The van der Waals surface area contributed by atoms with Crippen molar-refractivity contribution in [3.05, 3.63) is 0 Å². The van der Waals surface area contributed by atoms with Crippen LogP contribution in [0.2, 0.25) is 0 Å². The molecule has 9 heavy (non-hydrogen) atoms. The molecule has 3 N–H and O–H groups in total. The Kier molecular flexibility index (Phi) is 3.54. The summed E-state index contributed by atoms with van der Waals surface area (Å²) in [6, 6.07) is 0. The number of nitrogens with two attached hydrogens (primary N) is 1. The summed E-state index contributed by atoms with van der Waals surface area (Å²) < 4.78 is 48.2. The maximum absolute atomic E-state index is 11.0. The zero-order valence-corrected chi connectivity index (χ0v) is 5.57. The second-order valence-electron chi connectivity index (χ2n) is 1.05. The molecule has 0 bridgehead atoms. The molecule has 0 amide bonds. The molecule has 1 unspecified atom stereocenters. The Morgan fingerprint density at radius 2 is 1.56 bits per heavy atom. The molecule has 0 aliphatic carbocycles. The molecular weight excluding hydrogens is 181 g/mol. The highest BCUT2D eigenvalue weighted by Crippen LogP contribution is 2.19. The van der Waals surface area contributed by atoms with Crippen molar-refractivity contribution in [3.8, 4) is 0 Å². The van der Waals surface area contributed by atoms with Crippen molar-refractivity contribution in [3.63, 3.8) is 0 Å². The van der Waals surface area contributed by atoms with Gasteiger partial charge in [0, 0.05) is 0 Å². The van der Waals surface area contributed by atoms with Gasteiger partial charge in [0.05, 0.1) is 0 Å². The summed E-state index contributed by atoms with van der Waals surface area (Å²) in [7, 11) is -4.84. The molecule has 0 rings (SSSR count). The molecule has 8 heteroatoms. The number of hydrogen-bond donors (Lipinski definition) is 2. The van der Waals surface area contributed by atoms with Gasteiger partial charge in [-0.2, -0.15) is 13.2 Å². The Morgan fingerprint density at radius 1 is 1.44 bits per heavy atom. The molecule has 0 aromatic heterocycles. The van der Waals surface area contributed by atoms with Crippen molar-refractivity contribution in [2.45, 2.75) is 5.51 Å². The molecule has 0 saturated heterocycles. The van der Waals surface area contributed by atoms with Crippen LogP contribution in [0.3, 0.4) is 0 Å². The number of nitrogens with one attached hydrogen (secondary N) is 1. The second kappa shape index (κ2) is 2.72. The molecule has 0 fully saturated rings. The third-order valence-electron chi connectivity index (χ3n) is 0.344. The highest BCUT2D eigenvalue weighted by Gasteiger charge is 2.38. The summed E-state index contributed by atoms with van der Waals surface area (Å²) in [4.78, 5) is 0. The van der Waals surface area contributed by atoms with E-state index in [0.717, 1.165) is 0 Å². The van der Waals surface area contributed by atoms with E-state index in [-0.39, 0.29) is 12.4 Å². The molecule has 0 aliphatic heterocycles. The van der Waals surface area contributed by atoms with Crippen molar-refractivity contribution in [1.82, 2.24) is 0 Å². The van der Waals surface area contributed by atoms with Crippen LogP contribution in [0.4, 0.5) is 13.2 Å². The maximum Gasteiger partial charge on any atom is 0.492 e. The van der Waals surface area contributed by atoms with Crippen LogP contribution in [-0.2, 0) is 9.92 Å². The van der Waals surface area contributed by atoms with Gasteiger partial charge in [-0.05, 0) is 0 Å². The molecule has 0 saturated carbocycles. The summed E-state index contributed by atoms with van der Waals surface area (Å²) in [5, 5.41) is 3.88. The first-order valence-corrected chi connectivity index (χ1v) is 3.00. The third-order valence-corrected chi connectivity index (χ3v) is 1.03. The Labute approximate surface area is 55.9 Å². The molecule has 1 atom stereocenters. The molecule has 0 spiro atoms. The van der Waals surface area contributed by atoms with Crippen LogP contribution in [0.25, 0.3) is 0 Å².